The first-order valence-electron chi connectivity index (χ1n) is 10.2. The molecular formula is C19H23N3O8. The molecule has 3 saturated carbocycles. The lowest BCUT2D eigenvalue weighted by atomic mass is 9.61. The summed E-state index contributed by atoms with van der Waals surface area (Å²) in [6.07, 6.45) is 2.77. The van der Waals surface area contributed by atoms with Gasteiger partial charge in [0.05, 0.1) is 5.41 Å². The lowest BCUT2D eigenvalue weighted by molar-refractivity contribution is -0.168. The number of hydrogen-bond acceptors (Lipinski definition) is 10. The van der Waals surface area contributed by atoms with E-state index < -0.39 is 41.8 Å². The number of nitrogens with zero attached hydrogens (tertiary/aromatic N) is 2. The fourth-order valence-electron chi connectivity index (χ4n) is 5.12. The smallest absolute Gasteiger partial charge is 0.462 e. The van der Waals surface area contributed by atoms with Gasteiger partial charge in [0.25, 0.3) is 0 Å². The lowest BCUT2D eigenvalue weighted by Crippen LogP contribution is -2.43. The van der Waals surface area contributed by atoms with Crippen molar-refractivity contribution in [1.82, 2.24) is 9.55 Å². The van der Waals surface area contributed by atoms with Crippen LogP contribution >= 0.6 is 0 Å². The monoisotopic (exact) mass is 421 g/mol. The Labute approximate surface area is 171 Å². The first-order valence-corrected chi connectivity index (χ1v) is 10.2. The molecule has 11 heteroatoms. The molecular weight excluding hydrogens is 398 g/mol. The van der Waals surface area contributed by atoms with Crippen LogP contribution in [0.1, 0.15) is 44.8 Å². The molecule has 1 aromatic rings. The van der Waals surface area contributed by atoms with Gasteiger partial charge < -0.3 is 18.9 Å². The molecule has 162 valence electrons. The van der Waals surface area contributed by atoms with Gasteiger partial charge >= 0.3 is 17.8 Å². The van der Waals surface area contributed by atoms with Crippen LogP contribution in [-0.4, -0.2) is 51.8 Å². The van der Waals surface area contributed by atoms with Crippen molar-refractivity contribution in [3.8, 4) is 0 Å². The number of rotatable bonds is 5. The minimum absolute atomic E-state index is 0.0302. The van der Waals surface area contributed by atoms with E-state index in [2.05, 4.69) is 4.98 Å². The zero-order chi connectivity index (χ0) is 20.9. The Morgan fingerprint density at radius 2 is 1.93 bits per heavy atom. The predicted octanol–water partition coefficient (Wildman–Crippen LogP) is 1.36. The number of carbonyl (C=O) groups excluding carboxylic acids is 2. The Hall–Kier alpha value is -2.66. The van der Waals surface area contributed by atoms with Crippen molar-refractivity contribution in [3.63, 3.8) is 0 Å². The number of nitrogens with one attached hydrogen (secondary N) is 1. The summed E-state index contributed by atoms with van der Waals surface area (Å²) in [5, 5.41) is 8.89. The second-order valence-electron chi connectivity index (χ2n) is 8.46. The van der Waals surface area contributed by atoms with Gasteiger partial charge in [-0.05, 0) is 50.5 Å². The molecule has 3 aliphatic carbocycles. The average molecular weight is 421 g/mol. The van der Waals surface area contributed by atoms with Crippen LogP contribution in [0.5, 0.6) is 0 Å². The van der Waals surface area contributed by atoms with E-state index in [0.29, 0.717) is 0 Å². The Balaban J connectivity index is 1.30. The Kier molecular flexibility index (Phi) is 4.66. The standard InChI is InChI=1S/C19H23N3O8/c23-16(19-5-1-10(2-6-19)3-7-19)27-9-11-13-14(30-18(25)29-13)15(28-11)22-8-4-12(21-26)20-17(22)24/h4,8,10-11,13-15,26H,1-3,5-7,9H2,(H,20,21,24)/t10?,11-,13-,14-,15-,19?/m1/s1. The molecule has 0 aromatic carbocycles. The molecule has 0 unspecified atom stereocenters. The molecule has 0 amide bonds. The maximum absolute atomic E-state index is 12.9. The van der Waals surface area contributed by atoms with Gasteiger partial charge in [-0.2, -0.15) is 4.98 Å². The number of hydrogen-bond donors (Lipinski definition) is 2. The molecule has 4 atom stereocenters. The topological polar surface area (TPSA) is 138 Å². The molecule has 30 heavy (non-hydrogen) atoms. The van der Waals surface area contributed by atoms with Crippen LogP contribution in [-0.2, 0) is 23.7 Å². The molecule has 6 rings (SSSR count). The number of aromatic nitrogens is 2. The molecule has 0 spiro atoms. The van der Waals surface area contributed by atoms with Crippen LogP contribution < -0.4 is 11.2 Å². The average Bonchev–Trinajstić information content (AvgIpc) is 3.31. The molecule has 2 bridgehead atoms. The van der Waals surface area contributed by atoms with Gasteiger partial charge in [-0.25, -0.2) is 9.59 Å². The molecule has 5 aliphatic rings. The van der Waals surface area contributed by atoms with Crippen LogP contribution in [0.15, 0.2) is 17.1 Å². The van der Waals surface area contributed by atoms with Crippen molar-refractivity contribution < 1.29 is 33.7 Å². The third-order valence-corrected chi connectivity index (χ3v) is 6.87. The maximum atomic E-state index is 12.9. The Bertz CT molecular complexity index is 896. The molecule has 5 fully saturated rings. The summed E-state index contributed by atoms with van der Waals surface area (Å²) < 4.78 is 23.0. The van der Waals surface area contributed by atoms with Crippen molar-refractivity contribution in [1.29, 1.82) is 0 Å². The highest BCUT2D eigenvalue weighted by atomic mass is 16.8. The number of esters is 1. The second kappa shape index (κ2) is 7.24. The zero-order valence-electron chi connectivity index (χ0n) is 16.2. The number of anilines is 1. The largest absolute Gasteiger partial charge is 0.509 e. The van der Waals surface area contributed by atoms with E-state index in [1.54, 1.807) is 5.48 Å². The fraction of sp³-hybridized carbons (Fsp3) is 0.684. The molecule has 0 radical (unpaired) electrons. The van der Waals surface area contributed by atoms with Crippen LogP contribution in [0.2, 0.25) is 0 Å². The first-order chi connectivity index (χ1) is 14.5. The molecule has 1 aromatic heterocycles. The van der Waals surface area contributed by atoms with Gasteiger partial charge in [-0.1, -0.05) is 0 Å². The Morgan fingerprint density at radius 1 is 1.23 bits per heavy atom. The fourth-order valence-corrected chi connectivity index (χ4v) is 5.12. The quantitative estimate of drug-likeness (QED) is 0.529. The van der Waals surface area contributed by atoms with E-state index in [4.69, 9.17) is 24.2 Å². The van der Waals surface area contributed by atoms with E-state index in [9.17, 15) is 14.4 Å². The normalized spacial score (nSPS) is 36.7. The van der Waals surface area contributed by atoms with Gasteiger partial charge in [-0.3, -0.25) is 20.0 Å². The minimum atomic E-state index is -0.985. The van der Waals surface area contributed by atoms with E-state index in [1.165, 1.54) is 12.3 Å². The van der Waals surface area contributed by atoms with Crippen molar-refractivity contribution in [2.75, 3.05) is 12.1 Å². The van der Waals surface area contributed by atoms with Crippen LogP contribution in [0, 0.1) is 11.3 Å². The first kappa shape index (κ1) is 19.3. The lowest BCUT2D eigenvalue weighted by Gasteiger charge is -2.44. The summed E-state index contributed by atoms with van der Waals surface area (Å²) in [6.45, 7) is -0.100. The van der Waals surface area contributed by atoms with Gasteiger partial charge in [0, 0.05) is 6.20 Å². The highest BCUT2D eigenvalue weighted by Crippen LogP contribution is 2.51. The highest BCUT2D eigenvalue weighted by Gasteiger charge is 2.56. The van der Waals surface area contributed by atoms with Crippen LogP contribution in [0.3, 0.4) is 0 Å². The number of carbonyl (C=O) groups is 2. The van der Waals surface area contributed by atoms with Crippen molar-refractivity contribution in [2.45, 2.75) is 63.1 Å². The Morgan fingerprint density at radius 3 is 2.60 bits per heavy atom. The third-order valence-electron chi connectivity index (χ3n) is 6.87. The highest BCUT2D eigenvalue weighted by molar-refractivity contribution is 5.77. The van der Waals surface area contributed by atoms with Crippen LogP contribution in [0.4, 0.5) is 10.6 Å². The SMILES string of the molecule is O=C1O[C@@H]2[C@H](O1)[C@@H](COC(=O)C13CCC(CC1)CC3)O[C@H]2n1ccc(NO)nc1=O. The van der Waals surface area contributed by atoms with Gasteiger partial charge in [0.2, 0.25) is 0 Å². The third kappa shape index (κ3) is 3.12. The molecule has 11 nitrogen and oxygen atoms in total. The minimum Gasteiger partial charge on any atom is -0.462 e. The van der Waals surface area contributed by atoms with Gasteiger partial charge in [0.15, 0.2) is 24.3 Å². The van der Waals surface area contributed by atoms with E-state index in [1.807, 2.05) is 0 Å². The van der Waals surface area contributed by atoms with Crippen molar-refractivity contribution in [2.24, 2.45) is 11.3 Å². The molecule has 2 aliphatic heterocycles. The predicted molar refractivity (Wildman–Crippen MR) is 97.5 cm³/mol. The van der Waals surface area contributed by atoms with Crippen LogP contribution in [0.25, 0.3) is 0 Å². The summed E-state index contributed by atoms with van der Waals surface area (Å²) in [5.41, 5.74) is 0.666. The molecule has 3 heterocycles. The van der Waals surface area contributed by atoms with E-state index in [-0.39, 0.29) is 18.4 Å². The second-order valence-corrected chi connectivity index (χ2v) is 8.46. The van der Waals surface area contributed by atoms with E-state index >= 15 is 0 Å². The van der Waals surface area contributed by atoms with E-state index in [0.717, 1.165) is 49.0 Å². The summed E-state index contributed by atoms with van der Waals surface area (Å²) in [4.78, 5) is 40.5. The molecule has 2 N–H and O–H groups in total. The zero-order valence-corrected chi connectivity index (χ0v) is 16.2. The summed E-state index contributed by atoms with van der Waals surface area (Å²) in [6, 6.07) is 1.36. The molecule has 2 saturated heterocycles. The summed E-state index contributed by atoms with van der Waals surface area (Å²) >= 11 is 0. The summed E-state index contributed by atoms with van der Waals surface area (Å²) in [5.74, 6) is 0.470. The number of ether oxygens (including phenoxy) is 4. The van der Waals surface area contributed by atoms with Gasteiger partial charge in [0.1, 0.15) is 12.7 Å². The maximum Gasteiger partial charge on any atom is 0.509 e. The summed E-state index contributed by atoms with van der Waals surface area (Å²) in [7, 11) is 0. The number of fused-ring (bicyclic) bond motifs is 4. The van der Waals surface area contributed by atoms with Gasteiger partial charge in [-0.15, -0.1) is 0 Å². The van der Waals surface area contributed by atoms with Crippen molar-refractivity contribution in [3.05, 3.63) is 22.7 Å². The van der Waals surface area contributed by atoms with Crippen molar-refractivity contribution >= 4 is 17.9 Å².